The minimum atomic E-state index is 0.297. The number of aromatic nitrogens is 2. The molecule has 0 aliphatic heterocycles. The molecule has 2 rings (SSSR count). The van der Waals surface area contributed by atoms with Crippen molar-refractivity contribution < 1.29 is 9.26 Å². The largest absolute Gasteiger partial charge is 0.496 e. The van der Waals surface area contributed by atoms with Crippen molar-refractivity contribution in [1.29, 1.82) is 0 Å². The van der Waals surface area contributed by atoms with E-state index in [2.05, 4.69) is 29.3 Å². The Morgan fingerprint density at radius 3 is 2.95 bits per heavy atom. The van der Waals surface area contributed by atoms with E-state index in [1.165, 1.54) is 0 Å². The van der Waals surface area contributed by atoms with E-state index in [4.69, 9.17) is 20.9 Å². The van der Waals surface area contributed by atoms with Gasteiger partial charge in [-0.2, -0.15) is 4.98 Å². The second-order valence-electron chi connectivity index (χ2n) is 4.92. The molecule has 21 heavy (non-hydrogen) atoms. The van der Waals surface area contributed by atoms with Gasteiger partial charge in [-0.15, -0.1) is 0 Å². The summed E-state index contributed by atoms with van der Waals surface area (Å²) in [7, 11) is 1.59. The quantitative estimate of drug-likeness (QED) is 0.850. The van der Waals surface area contributed by atoms with Crippen LogP contribution in [0.2, 0.25) is 5.02 Å². The van der Waals surface area contributed by atoms with E-state index >= 15 is 0 Å². The zero-order valence-corrected chi connectivity index (χ0v) is 13.3. The highest BCUT2D eigenvalue weighted by atomic mass is 35.5. The first-order chi connectivity index (χ1) is 10.1. The van der Waals surface area contributed by atoms with Crippen molar-refractivity contribution in [3.05, 3.63) is 29.1 Å². The lowest BCUT2D eigenvalue weighted by Crippen LogP contribution is -2.28. The van der Waals surface area contributed by atoms with E-state index in [0.717, 1.165) is 18.5 Å². The maximum Gasteiger partial charge on any atom is 0.228 e. The molecular weight excluding hydrogens is 290 g/mol. The molecule has 0 amide bonds. The summed E-state index contributed by atoms with van der Waals surface area (Å²) < 4.78 is 10.6. The van der Waals surface area contributed by atoms with Crippen LogP contribution in [0.25, 0.3) is 11.4 Å². The van der Waals surface area contributed by atoms with Gasteiger partial charge in [0.1, 0.15) is 5.75 Å². The average Bonchev–Trinajstić information content (AvgIpc) is 2.93. The summed E-state index contributed by atoms with van der Waals surface area (Å²) in [5.74, 6) is 1.76. The summed E-state index contributed by atoms with van der Waals surface area (Å²) in [4.78, 5) is 4.43. The van der Waals surface area contributed by atoms with E-state index in [1.54, 1.807) is 19.2 Å². The zero-order chi connectivity index (χ0) is 15.2. The summed E-state index contributed by atoms with van der Waals surface area (Å²) in [6, 6.07) is 5.64. The summed E-state index contributed by atoms with van der Waals surface area (Å²) in [6.45, 7) is 5.22. The van der Waals surface area contributed by atoms with Crippen molar-refractivity contribution in [3.63, 3.8) is 0 Å². The lowest BCUT2D eigenvalue weighted by atomic mass is 10.2. The average molecular weight is 310 g/mol. The van der Waals surface area contributed by atoms with Crippen molar-refractivity contribution in [3.8, 4) is 17.1 Å². The van der Waals surface area contributed by atoms with Crippen LogP contribution in [0.5, 0.6) is 5.75 Å². The van der Waals surface area contributed by atoms with Gasteiger partial charge in [-0.25, -0.2) is 0 Å². The molecular formula is C15H20ClN3O2. The van der Waals surface area contributed by atoms with Gasteiger partial charge in [0.25, 0.3) is 0 Å². The van der Waals surface area contributed by atoms with Crippen molar-refractivity contribution in [1.82, 2.24) is 15.5 Å². The number of halogens is 1. The van der Waals surface area contributed by atoms with Gasteiger partial charge < -0.3 is 14.6 Å². The fraction of sp³-hybridized carbons (Fsp3) is 0.467. The van der Waals surface area contributed by atoms with Crippen molar-refractivity contribution in [2.24, 2.45) is 0 Å². The SMILES string of the molecule is CCCNC(C)Cc1nc(-c2ccc(Cl)cc2OC)no1. The van der Waals surface area contributed by atoms with Gasteiger partial charge in [-0.1, -0.05) is 23.7 Å². The van der Waals surface area contributed by atoms with Gasteiger partial charge >= 0.3 is 0 Å². The molecule has 0 bridgehead atoms. The maximum absolute atomic E-state index is 5.95. The first-order valence-corrected chi connectivity index (χ1v) is 7.41. The minimum Gasteiger partial charge on any atom is -0.496 e. The lowest BCUT2D eigenvalue weighted by molar-refractivity contribution is 0.361. The molecule has 2 aromatic rings. The molecule has 0 radical (unpaired) electrons. The summed E-state index contributed by atoms with van der Waals surface area (Å²) >= 11 is 5.95. The smallest absolute Gasteiger partial charge is 0.228 e. The monoisotopic (exact) mass is 309 g/mol. The molecule has 1 N–H and O–H groups in total. The van der Waals surface area contributed by atoms with Gasteiger partial charge in [-0.05, 0) is 38.1 Å². The Morgan fingerprint density at radius 2 is 2.24 bits per heavy atom. The van der Waals surface area contributed by atoms with Crippen LogP contribution in [-0.4, -0.2) is 29.8 Å². The number of methoxy groups -OCH3 is 1. The number of hydrogen-bond donors (Lipinski definition) is 1. The van der Waals surface area contributed by atoms with E-state index in [0.29, 0.717) is 34.9 Å². The number of ether oxygens (including phenoxy) is 1. The van der Waals surface area contributed by atoms with Crippen LogP contribution in [0.3, 0.4) is 0 Å². The van der Waals surface area contributed by atoms with Gasteiger partial charge in [0.05, 0.1) is 12.7 Å². The molecule has 0 aliphatic carbocycles. The number of hydrogen-bond acceptors (Lipinski definition) is 5. The van der Waals surface area contributed by atoms with Gasteiger partial charge in [-0.3, -0.25) is 0 Å². The molecule has 114 valence electrons. The van der Waals surface area contributed by atoms with Crippen LogP contribution in [0.1, 0.15) is 26.2 Å². The number of nitrogens with one attached hydrogen (secondary N) is 1. The first-order valence-electron chi connectivity index (χ1n) is 7.04. The Kier molecular flexibility index (Phi) is 5.59. The molecule has 6 heteroatoms. The molecule has 0 spiro atoms. The maximum atomic E-state index is 5.95. The highest BCUT2D eigenvalue weighted by molar-refractivity contribution is 6.30. The summed E-state index contributed by atoms with van der Waals surface area (Å²) in [5, 5.41) is 8.02. The minimum absolute atomic E-state index is 0.297. The van der Waals surface area contributed by atoms with Crippen LogP contribution >= 0.6 is 11.6 Å². The predicted octanol–water partition coefficient (Wildman–Crippen LogP) is 3.33. The third-order valence-electron chi connectivity index (χ3n) is 3.10. The molecule has 5 nitrogen and oxygen atoms in total. The fourth-order valence-corrected chi connectivity index (χ4v) is 2.18. The molecule has 1 aromatic carbocycles. The van der Waals surface area contributed by atoms with Crippen LogP contribution in [0.4, 0.5) is 0 Å². The molecule has 1 heterocycles. The molecule has 0 fully saturated rings. The Morgan fingerprint density at radius 1 is 1.43 bits per heavy atom. The topological polar surface area (TPSA) is 60.2 Å². The highest BCUT2D eigenvalue weighted by Crippen LogP contribution is 2.30. The first kappa shape index (κ1) is 15.8. The van der Waals surface area contributed by atoms with Gasteiger partial charge in [0.2, 0.25) is 11.7 Å². The second-order valence-corrected chi connectivity index (χ2v) is 5.35. The Labute approximate surface area is 129 Å². The molecule has 1 aromatic heterocycles. The third kappa shape index (κ3) is 4.19. The van der Waals surface area contributed by atoms with E-state index in [9.17, 15) is 0 Å². The van der Waals surface area contributed by atoms with Crippen molar-refractivity contribution >= 4 is 11.6 Å². The number of nitrogens with zero attached hydrogens (tertiary/aromatic N) is 2. The molecule has 0 saturated carbocycles. The molecule has 1 atom stereocenters. The molecule has 1 unspecified atom stereocenters. The van der Waals surface area contributed by atoms with Crippen LogP contribution in [-0.2, 0) is 6.42 Å². The fourth-order valence-electron chi connectivity index (χ4n) is 2.02. The van der Waals surface area contributed by atoms with Gasteiger partial charge in [0.15, 0.2) is 0 Å². The van der Waals surface area contributed by atoms with E-state index in [-0.39, 0.29) is 0 Å². The number of rotatable bonds is 7. The third-order valence-corrected chi connectivity index (χ3v) is 3.33. The Hall–Kier alpha value is -1.59. The second kappa shape index (κ2) is 7.43. The van der Waals surface area contributed by atoms with Crippen LogP contribution in [0.15, 0.2) is 22.7 Å². The summed E-state index contributed by atoms with van der Waals surface area (Å²) in [5.41, 5.74) is 0.770. The summed E-state index contributed by atoms with van der Waals surface area (Å²) in [6.07, 6.45) is 1.80. The van der Waals surface area contributed by atoms with Crippen molar-refractivity contribution in [2.75, 3.05) is 13.7 Å². The number of benzene rings is 1. The normalized spacial score (nSPS) is 12.4. The molecule has 0 saturated heterocycles. The Balaban J connectivity index is 2.12. The van der Waals surface area contributed by atoms with Crippen LogP contribution < -0.4 is 10.1 Å². The highest BCUT2D eigenvalue weighted by Gasteiger charge is 2.15. The predicted molar refractivity (Wildman–Crippen MR) is 82.8 cm³/mol. The van der Waals surface area contributed by atoms with Gasteiger partial charge in [0, 0.05) is 17.5 Å². The Bertz CT molecular complexity index is 586. The zero-order valence-electron chi connectivity index (χ0n) is 12.5. The van der Waals surface area contributed by atoms with Crippen molar-refractivity contribution in [2.45, 2.75) is 32.7 Å². The lowest BCUT2D eigenvalue weighted by Gasteiger charge is -2.09. The van der Waals surface area contributed by atoms with E-state index < -0.39 is 0 Å². The molecule has 0 aliphatic rings. The van der Waals surface area contributed by atoms with E-state index in [1.807, 2.05) is 6.07 Å². The standard InChI is InChI=1S/C15H20ClN3O2/c1-4-7-17-10(2)8-14-18-15(19-21-14)12-6-5-11(16)9-13(12)20-3/h5-6,9-10,17H,4,7-8H2,1-3H3. The van der Waals surface area contributed by atoms with Crippen LogP contribution in [0, 0.1) is 0 Å².